The molecular weight excluding hydrogens is 230 g/mol. The lowest BCUT2D eigenvalue weighted by Gasteiger charge is -2.24. The van der Waals surface area contributed by atoms with Gasteiger partial charge in [0.25, 0.3) is 0 Å². The molecule has 0 heterocycles. The highest BCUT2D eigenvalue weighted by atomic mass is 16.4. The quantitative estimate of drug-likeness (QED) is 0.848. The number of fused-ring (bicyclic) bond motifs is 1. The molecule has 2 unspecified atom stereocenters. The van der Waals surface area contributed by atoms with Crippen molar-refractivity contribution < 1.29 is 14.7 Å². The van der Waals surface area contributed by atoms with Crippen molar-refractivity contribution in [2.75, 3.05) is 0 Å². The Kier molecular flexibility index (Phi) is 3.65. The average Bonchev–Trinajstić information content (AvgIpc) is 2.37. The maximum absolute atomic E-state index is 11.9. The molecule has 4 nitrogen and oxygen atoms in total. The molecule has 0 aliphatic heterocycles. The number of carbonyl (C=O) groups is 2. The maximum atomic E-state index is 11.9. The Bertz CT molecular complexity index is 470. The number of carboxylic acids is 1. The summed E-state index contributed by atoms with van der Waals surface area (Å²) in [5.74, 6) is -1.26. The minimum absolute atomic E-state index is 0.110. The molecule has 0 spiro atoms. The SMILES string of the molecule is CC(NC(=O)C1CCc2ccccc2C1)C(=O)O. The molecule has 0 saturated heterocycles. The topological polar surface area (TPSA) is 66.4 Å². The number of rotatable bonds is 3. The van der Waals surface area contributed by atoms with E-state index in [4.69, 9.17) is 5.11 Å². The van der Waals surface area contributed by atoms with Gasteiger partial charge in [-0.05, 0) is 37.3 Å². The van der Waals surface area contributed by atoms with Gasteiger partial charge < -0.3 is 10.4 Å². The fourth-order valence-corrected chi connectivity index (χ4v) is 2.31. The molecule has 0 radical (unpaired) electrons. The Morgan fingerprint density at radius 1 is 1.33 bits per heavy atom. The average molecular weight is 247 g/mol. The van der Waals surface area contributed by atoms with Crippen LogP contribution in [0.25, 0.3) is 0 Å². The van der Waals surface area contributed by atoms with Crippen LogP contribution in [-0.2, 0) is 22.4 Å². The van der Waals surface area contributed by atoms with Crippen LogP contribution >= 0.6 is 0 Å². The Morgan fingerprint density at radius 2 is 2.00 bits per heavy atom. The molecule has 2 rings (SSSR count). The molecule has 1 aliphatic rings. The largest absolute Gasteiger partial charge is 0.480 e. The Morgan fingerprint density at radius 3 is 2.67 bits per heavy atom. The second kappa shape index (κ2) is 5.21. The first-order chi connectivity index (χ1) is 8.58. The van der Waals surface area contributed by atoms with Crippen molar-refractivity contribution in [3.05, 3.63) is 35.4 Å². The number of carbonyl (C=O) groups excluding carboxylic acids is 1. The zero-order valence-corrected chi connectivity index (χ0v) is 10.3. The highest BCUT2D eigenvalue weighted by Gasteiger charge is 2.26. The fourth-order valence-electron chi connectivity index (χ4n) is 2.31. The minimum Gasteiger partial charge on any atom is -0.480 e. The van der Waals surface area contributed by atoms with E-state index >= 15 is 0 Å². The van der Waals surface area contributed by atoms with Crippen LogP contribution in [0.3, 0.4) is 0 Å². The molecule has 96 valence electrons. The van der Waals surface area contributed by atoms with Crippen LogP contribution in [0.2, 0.25) is 0 Å². The van der Waals surface area contributed by atoms with Gasteiger partial charge in [-0.3, -0.25) is 9.59 Å². The summed E-state index contributed by atoms with van der Waals surface area (Å²) < 4.78 is 0. The molecule has 0 aromatic heterocycles. The summed E-state index contributed by atoms with van der Waals surface area (Å²) in [6.07, 6.45) is 2.37. The highest BCUT2D eigenvalue weighted by Crippen LogP contribution is 2.25. The second-order valence-corrected chi connectivity index (χ2v) is 4.78. The van der Waals surface area contributed by atoms with E-state index in [1.807, 2.05) is 18.2 Å². The minimum atomic E-state index is -1.00. The van der Waals surface area contributed by atoms with E-state index in [1.54, 1.807) is 0 Å². The van der Waals surface area contributed by atoms with Crippen molar-refractivity contribution in [2.45, 2.75) is 32.2 Å². The molecule has 0 fully saturated rings. The third-order valence-corrected chi connectivity index (χ3v) is 3.45. The smallest absolute Gasteiger partial charge is 0.325 e. The van der Waals surface area contributed by atoms with Crippen molar-refractivity contribution >= 4 is 11.9 Å². The van der Waals surface area contributed by atoms with Gasteiger partial charge in [0.05, 0.1) is 0 Å². The van der Waals surface area contributed by atoms with E-state index in [1.165, 1.54) is 18.1 Å². The molecule has 0 bridgehead atoms. The molecule has 2 atom stereocenters. The summed E-state index contributed by atoms with van der Waals surface area (Å²) in [6.45, 7) is 1.48. The number of hydrogen-bond acceptors (Lipinski definition) is 2. The van der Waals surface area contributed by atoms with Crippen LogP contribution < -0.4 is 5.32 Å². The molecule has 2 N–H and O–H groups in total. The number of aliphatic carboxylic acids is 1. The van der Waals surface area contributed by atoms with E-state index in [2.05, 4.69) is 11.4 Å². The van der Waals surface area contributed by atoms with E-state index in [-0.39, 0.29) is 11.8 Å². The van der Waals surface area contributed by atoms with Gasteiger partial charge in [0.1, 0.15) is 6.04 Å². The normalized spacial score (nSPS) is 19.7. The van der Waals surface area contributed by atoms with Crippen LogP contribution in [0.15, 0.2) is 24.3 Å². The van der Waals surface area contributed by atoms with Gasteiger partial charge in [-0.15, -0.1) is 0 Å². The van der Waals surface area contributed by atoms with Crippen molar-refractivity contribution in [3.8, 4) is 0 Å². The van der Waals surface area contributed by atoms with Crippen molar-refractivity contribution in [1.29, 1.82) is 0 Å². The number of aryl methyl sites for hydroxylation is 1. The summed E-state index contributed by atoms with van der Waals surface area (Å²) in [4.78, 5) is 22.6. The van der Waals surface area contributed by atoms with Crippen molar-refractivity contribution in [2.24, 2.45) is 5.92 Å². The lowest BCUT2D eigenvalue weighted by Crippen LogP contribution is -2.43. The lowest BCUT2D eigenvalue weighted by atomic mass is 9.83. The lowest BCUT2D eigenvalue weighted by molar-refractivity contribution is -0.142. The zero-order valence-electron chi connectivity index (χ0n) is 10.3. The van der Waals surface area contributed by atoms with Gasteiger partial charge in [0, 0.05) is 5.92 Å². The highest BCUT2D eigenvalue weighted by molar-refractivity contribution is 5.85. The van der Waals surface area contributed by atoms with Gasteiger partial charge in [-0.2, -0.15) is 0 Å². The Labute approximate surface area is 106 Å². The monoisotopic (exact) mass is 247 g/mol. The molecule has 1 amide bonds. The van der Waals surface area contributed by atoms with Crippen LogP contribution in [0, 0.1) is 5.92 Å². The summed E-state index contributed by atoms with van der Waals surface area (Å²) in [5, 5.41) is 11.3. The first-order valence-corrected chi connectivity index (χ1v) is 6.18. The van der Waals surface area contributed by atoms with E-state index in [0.29, 0.717) is 6.42 Å². The number of benzene rings is 1. The van der Waals surface area contributed by atoms with Crippen molar-refractivity contribution in [3.63, 3.8) is 0 Å². The summed E-state index contributed by atoms with van der Waals surface area (Å²) in [5.41, 5.74) is 2.50. The number of nitrogens with one attached hydrogen (secondary N) is 1. The molecule has 0 saturated carbocycles. The molecule has 4 heteroatoms. The number of amides is 1. The summed E-state index contributed by atoms with van der Waals surface area (Å²) in [7, 11) is 0. The van der Waals surface area contributed by atoms with E-state index < -0.39 is 12.0 Å². The fraction of sp³-hybridized carbons (Fsp3) is 0.429. The summed E-state index contributed by atoms with van der Waals surface area (Å²) >= 11 is 0. The molecule has 18 heavy (non-hydrogen) atoms. The van der Waals surface area contributed by atoms with Crippen LogP contribution in [-0.4, -0.2) is 23.0 Å². The second-order valence-electron chi connectivity index (χ2n) is 4.78. The van der Waals surface area contributed by atoms with Crippen molar-refractivity contribution in [1.82, 2.24) is 5.32 Å². The molecule has 1 aromatic carbocycles. The van der Waals surface area contributed by atoms with Crippen LogP contribution in [0.4, 0.5) is 0 Å². The third-order valence-electron chi connectivity index (χ3n) is 3.45. The molecule has 1 aliphatic carbocycles. The van der Waals surface area contributed by atoms with Gasteiger partial charge in [0.2, 0.25) is 5.91 Å². The first kappa shape index (κ1) is 12.6. The maximum Gasteiger partial charge on any atom is 0.325 e. The van der Waals surface area contributed by atoms with Gasteiger partial charge >= 0.3 is 5.97 Å². The third kappa shape index (κ3) is 2.70. The Balaban J connectivity index is 2.00. The number of carboxylic acid groups (broad SMARTS) is 1. The van der Waals surface area contributed by atoms with Crippen LogP contribution in [0.1, 0.15) is 24.5 Å². The van der Waals surface area contributed by atoms with Gasteiger partial charge in [0.15, 0.2) is 0 Å². The van der Waals surface area contributed by atoms with E-state index in [9.17, 15) is 9.59 Å². The molecular formula is C14H17NO3. The van der Waals surface area contributed by atoms with Gasteiger partial charge in [-0.25, -0.2) is 0 Å². The Hall–Kier alpha value is -1.84. The van der Waals surface area contributed by atoms with Crippen LogP contribution in [0.5, 0.6) is 0 Å². The van der Waals surface area contributed by atoms with E-state index in [0.717, 1.165) is 12.8 Å². The standard InChI is InChI=1S/C14H17NO3/c1-9(14(17)18)15-13(16)12-7-6-10-4-2-3-5-11(10)8-12/h2-5,9,12H,6-8H2,1H3,(H,15,16)(H,17,18). The number of hydrogen-bond donors (Lipinski definition) is 2. The van der Waals surface area contributed by atoms with Gasteiger partial charge in [-0.1, -0.05) is 24.3 Å². The predicted molar refractivity (Wildman–Crippen MR) is 67.2 cm³/mol. The first-order valence-electron chi connectivity index (χ1n) is 6.18. The predicted octanol–water partition coefficient (Wildman–Crippen LogP) is 1.38. The molecule has 1 aromatic rings. The summed E-state index contributed by atoms with van der Waals surface area (Å²) in [6, 6.07) is 7.28. The zero-order chi connectivity index (χ0) is 13.1.